The number of thiophene rings is 1. The maximum Gasteiger partial charge on any atom is 0.167 e. The zero-order valence-electron chi connectivity index (χ0n) is 36.3. The third-order valence-corrected chi connectivity index (χ3v) is 14.9. The van der Waals surface area contributed by atoms with Crippen molar-refractivity contribution in [1.29, 1.82) is 0 Å². The summed E-state index contributed by atoms with van der Waals surface area (Å²) < 4.78 is 14.0. The van der Waals surface area contributed by atoms with Crippen molar-refractivity contribution in [2.45, 2.75) is 0 Å². The van der Waals surface area contributed by atoms with Crippen LogP contribution < -0.4 is 0 Å². The number of aromatic nitrogens is 5. The van der Waals surface area contributed by atoms with Gasteiger partial charge in [-0.05, 0) is 95.7 Å². The van der Waals surface area contributed by atoms with E-state index < -0.39 is 0 Å². The normalized spacial score (nSPS) is 12.1. The SMILES string of the molecule is c1ccc(-n2c3ccccc3c3cc(-c4nc(-c5ccc6c(c5)sc5ccccc56)nc(-c5cc(-n6c7ccccc7c7cc8ccccc8cc76)cc6c5oc5ccccc56)n4)ccc32)cc1. The van der Waals surface area contributed by atoms with E-state index in [0.29, 0.717) is 17.5 Å². The smallest absolute Gasteiger partial charge is 0.167 e. The van der Waals surface area contributed by atoms with E-state index in [0.717, 1.165) is 82.8 Å². The predicted molar refractivity (Wildman–Crippen MR) is 282 cm³/mol. The van der Waals surface area contributed by atoms with Gasteiger partial charge in [0.25, 0.3) is 0 Å². The van der Waals surface area contributed by atoms with Crippen molar-refractivity contribution in [2.24, 2.45) is 0 Å². The third kappa shape index (κ3) is 5.54. The molecule has 0 aliphatic rings. The van der Waals surface area contributed by atoms with Crippen molar-refractivity contribution < 1.29 is 4.42 Å². The molecule has 68 heavy (non-hydrogen) atoms. The van der Waals surface area contributed by atoms with Crippen molar-refractivity contribution in [1.82, 2.24) is 24.1 Å². The summed E-state index contributed by atoms with van der Waals surface area (Å²) in [5.74, 6) is 1.71. The Kier molecular flexibility index (Phi) is 7.85. The van der Waals surface area contributed by atoms with Crippen LogP contribution in [0.15, 0.2) is 217 Å². The maximum atomic E-state index is 6.87. The molecule has 0 atom stereocenters. The molecule has 0 unspecified atom stereocenters. The van der Waals surface area contributed by atoms with Crippen molar-refractivity contribution in [3.05, 3.63) is 212 Å². The van der Waals surface area contributed by atoms with Crippen LogP contribution in [0, 0.1) is 0 Å². The summed E-state index contributed by atoms with van der Waals surface area (Å²) in [6.07, 6.45) is 0. The van der Waals surface area contributed by atoms with E-state index in [2.05, 4.69) is 209 Å². The first kappa shape index (κ1) is 37.3. The van der Waals surface area contributed by atoms with Crippen LogP contribution in [-0.2, 0) is 0 Å². The highest BCUT2D eigenvalue weighted by Gasteiger charge is 2.23. The average molecular weight is 886 g/mol. The highest BCUT2D eigenvalue weighted by Crippen LogP contribution is 2.43. The second kappa shape index (κ2) is 14.3. The summed E-state index contributed by atoms with van der Waals surface area (Å²) in [5.41, 5.74) is 10.7. The first-order valence-electron chi connectivity index (χ1n) is 22.8. The molecule has 0 aliphatic carbocycles. The number of rotatable bonds is 5. The van der Waals surface area contributed by atoms with E-state index >= 15 is 0 Å². The molecule has 0 radical (unpaired) electrons. The highest BCUT2D eigenvalue weighted by molar-refractivity contribution is 7.25. The lowest BCUT2D eigenvalue weighted by atomic mass is 10.1. The van der Waals surface area contributed by atoms with Gasteiger partial charge in [-0.2, -0.15) is 0 Å². The van der Waals surface area contributed by atoms with Crippen molar-refractivity contribution in [3.8, 4) is 45.5 Å². The van der Waals surface area contributed by atoms with Gasteiger partial charge in [0.05, 0.1) is 27.6 Å². The van der Waals surface area contributed by atoms with Gasteiger partial charge in [-0.3, -0.25) is 0 Å². The third-order valence-electron chi connectivity index (χ3n) is 13.7. The van der Waals surface area contributed by atoms with Crippen molar-refractivity contribution in [3.63, 3.8) is 0 Å². The molecule has 0 aliphatic heterocycles. The second-order valence-corrected chi connectivity index (χ2v) is 18.7. The fourth-order valence-electron chi connectivity index (χ4n) is 10.6. The minimum atomic E-state index is 0.533. The zero-order valence-corrected chi connectivity index (χ0v) is 37.1. The number of benzene rings is 10. The summed E-state index contributed by atoms with van der Waals surface area (Å²) in [6, 6.07) is 75.6. The largest absolute Gasteiger partial charge is 0.455 e. The minimum absolute atomic E-state index is 0.533. The Bertz CT molecular complexity index is 4580. The quantitative estimate of drug-likeness (QED) is 0.173. The van der Waals surface area contributed by atoms with Crippen LogP contribution >= 0.6 is 11.3 Å². The molecule has 10 aromatic carbocycles. The van der Waals surface area contributed by atoms with Gasteiger partial charge in [-0.15, -0.1) is 11.3 Å². The number of hydrogen-bond acceptors (Lipinski definition) is 5. The molecule has 15 aromatic rings. The van der Waals surface area contributed by atoms with Gasteiger partial charge < -0.3 is 13.6 Å². The monoisotopic (exact) mass is 885 g/mol. The maximum absolute atomic E-state index is 6.87. The Hall–Kier alpha value is -8.91. The molecule has 316 valence electrons. The van der Waals surface area contributed by atoms with Gasteiger partial charge in [0.2, 0.25) is 0 Å². The van der Waals surface area contributed by atoms with Crippen LogP contribution in [0.5, 0.6) is 0 Å². The zero-order chi connectivity index (χ0) is 44.5. The second-order valence-electron chi connectivity index (χ2n) is 17.6. The molecule has 7 heteroatoms. The number of fused-ring (bicyclic) bond motifs is 13. The standard InChI is InChI=1S/C61H35N5OS/c1-2-16-40(17-3-1)65-51-22-10-6-18-42(51)47-31-38(27-29-53(47)65)59-62-60(39-26-28-46-45-21-9-13-25-56(45)68-57(46)33-39)64-61(63-59)50-35-41(34-49-44-20-8-12-24-55(44)67-58(49)50)66-52-23-11-7-19-43(52)48-30-36-14-4-5-15-37(36)32-54(48)66/h1-35H. The minimum Gasteiger partial charge on any atom is -0.455 e. The molecule has 0 spiro atoms. The van der Waals surface area contributed by atoms with Gasteiger partial charge in [0.15, 0.2) is 17.5 Å². The molecule has 15 rings (SSSR count). The van der Waals surface area contributed by atoms with E-state index in [1.54, 1.807) is 11.3 Å². The Morgan fingerprint density at radius 3 is 1.71 bits per heavy atom. The van der Waals surface area contributed by atoms with E-state index in [4.69, 9.17) is 19.4 Å². The molecule has 0 bridgehead atoms. The highest BCUT2D eigenvalue weighted by atomic mass is 32.1. The van der Waals surface area contributed by atoms with Crippen LogP contribution in [0.4, 0.5) is 0 Å². The van der Waals surface area contributed by atoms with E-state index in [-0.39, 0.29) is 0 Å². The lowest BCUT2D eigenvalue weighted by Crippen LogP contribution is -2.02. The number of para-hydroxylation sites is 4. The van der Waals surface area contributed by atoms with Crippen LogP contribution in [0.25, 0.3) is 142 Å². The van der Waals surface area contributed by atoms with Gasteiger partial charge in [-0.25, -0.2) is 15.0 Å². The summed E-state index contributed by atoms with van der Waals surface area (Å²) in [7, 11) is 0. The molecule has 0 saturated carbocycles. The van der Waals surface area contributed by atoms with Gasteiger partial charge in [0, 0.05) is 75.0 Å². The number of hydrogen-bond donors (Lipinski definition) is 0. The topological polar surface area (TPSA) is 61.7 Å². The van der Waals surface area contributed by atoms with Gasteiger partial charge in [-0.1, -0.05) is 127 Å². The van der Waals surface area contributed by atoms with Gasteiger partial charge >= 0.3 is 0 Å². The van der Waals surface area contributed by atoms with E-state index in [9.17, 15) is 0 Å². The fraction of sp³-hybridized carbons (Fsp3) is 0. The number of furan rings is 1. The molecule has 0 N–H and O–H groups in total. The summed E-state index contributed by atoms with van der Waals surface area (Å²) in [5, 5.41) is 11.6. The van der Waals surface area contributed by atoms with E-state index in [1.165, 1.54) is 41.7 Å². The average Bonchev–Trinajstić information content (AvgIpc) is 4.15. The Morgan fingerprint density at radius 2 is 0.912 bits per heavy atom. The molecule has 0 amide bonds. The summed E-state index contributed by atoms with van der Waals surface area (Å²) in [4.78, 5) is 16.3. The molecule has 6 nitrogen and oxygen atoms in total. The summed E-state index contributed by atoms with van der Waals surface area (Å²) in [6.45, 7) is 0. The van der Waals surface area contributed by atoms with Crippen molar-refractivity contribution >= 4 is 108 Å². The fourth-order valence-corrected chi connectivity index (χ4v) is 11.8. The lowest BCUT2D eigenvalue weighted by Gasteiger charge is -2.13. The molecular formula is C61H35N5OS. The van der Waals surface area contributed by atoms with Gasteiger partial charge in [0.1, 0.15) is 11.2 Å². The lowest BCUT2D eigenvalue weighted by molar-refractivity contribution is 0.669. The number of nitrogens with zero attached hydrogens (tertiary/aromatic N) is 5. The summed E-state index contributed by atoms with van der Waals surface area (Å²) >= 11 is 1.79. The molecular weight excluding hydrogens is 851 g/mol. The van der Waals surface area contributed by atoms with Crippen LogP contribution in [-0.4, -0.2) is 24.1 Å². The van der Waals surface area contributed by atoms with Crippen LogP contribution in [0.2, 0.25) is 0 Å². The molecule has 0 fully saturated rings. The van der Waals surface area contributed by atoms with Crippen LogP contribution in [0.1, 0.15) is 0 Å². The van der Waals surface area contributed by atoms with Crippen molar-refractivity contribution in [2.75, 3.05) is 0 Å². The molecule has 0 saturated heterocycles. The molecule has 5 heterocycles. The van der Waals surface area contributed by atoms with E-state index in [1.807, 2.05) is 12.1 Å². The Labute approximate surface area is 392 Å². The first-order chi connectivity index (χ1) is 33.7. The van der Waals surface area contributed by atoms with Crippen LogP contribution in [0.3, 0.4) is 0 Å². The Balaban J connectivity index is 1.02. The predicted octanol–water partition coefficient (Wildman–Crippen LogP) is 16.5. The Morgan fingerprint density at radius 1 is 0.338 bits per heavy atom. The first-order valence-corrected chi connectivity index (χ1v) is 23.6. The molecule has 5 aromatic heterocycles.